The third kappa shape index (κ3) is 3.42. The molecule has 0 N–H and O–H groups in total. The molecule has 4 nitrogen and oxygen atoms in total. The van der Waals surface area contributed by atoms with E-state index >= 15 is 0 Å². The van der Waals surface area contributed by atoms with Crippen molar-refractivity contribution in [2.24, 2.45) is 5.92 Å². The molecule has 1 unspecified atom stereocenters. The summed E-state index contributed by atoms with van der Waals surface area (Å²) in [5, 5.41) is 0. The van der Waals surface area contributed by atoms with Gasteiger partial charge in [0.1, 0.15) is 0 Å². The molecule has 1 heterocycles. The van der Waals surface area contributed by atoms with E-state index in [2.05, 4.69) is 0 Å². The lowest BCUT2D eigenvalue weighted by Gasteiger charge is -2.30. The Kier molecular flexibility index (Phi) is 4.06. The lowest BCUT2D eigenvalue weighted by molar-refractivity contribution is 0.0873. The number of Topliss-reactive ketones (excluding diaryl/α,β-unsaturated/α-hetero) is 1. The molecule has 0 aliphatic carbocycles. The molecule has 2 rings (SSSR count). The predicted octanol–water partition coefficient (Wildman–Crippen LogP) is 1.85. The lowest BCUT2D eigenvalue weighted by Crippen LogP contribution is -2.41. The second kappa shape index (κ2) is 5.43. The minimum Gasteiger partial charge on any atom is -0.294 e. The fourth-order valence-corrected chi connectivity index (χ4v) is 3.32. The van der Waals surface area contributed by atoms with Crippen LogP contribution in [0, 0.1) is 12.8 Å². The highest BCUT2D eigenvalue weighted by Gasteiger charge is 2.30. The molecule has 1 aromatic carbocycles. The van der Waals surface area contributed by atoms with Crippen molar-refractivity contribution in [1.82, 2.24) is 4.31 Å². The molecule has 0 aromatic heterocycles. The number of sulfonamides is 1. The van der Waals surface area contributed by atoms with Gasteiger partial charge in [0.15, 0.2) is 5.78 Å². The van der Waals surface area contributed by atoms with Gasteiger partial charge < -0.3 is 0 Å². The maximum Gasteiger partial charge on any atom is 0.211 e. The number of nitrogens with zero attached hydrogens (tertiary/aromatic N) is 1. The summed E-state index contributed by atoms with van der Waals surface area (Å²) in [6.07, 6.45) is 2.71. The Morgan fingerprint density at radius 3 is 2.47 bits per heavy atom. The molecule has 1 atom stereocenters. The minimum atomic E-state index is -3.20. The molecule has 5 heteroatoms. The first kappa shape index (κ1) is 14.2. The summed E-state index contributed by atoms with van der Waals surface area (Å²) in [6, 6.07) is 7.45. The van der Waals surface area contributed by atoms with Crippen LogP contribution in [-0.4, -0.2) is 37.9 Å². The van der Waals surface area contributed by atoms with Crippen LogP contribution in [0.25, 0.3) is 0 Å². The molecule has 1 saturated heterocycles. The highest BCUT2D eigenvalue weighted by Crippen LogP contribution is 2.22. The van der Waals surface area contributed by atoms with Crippen molar-refractivity contribution in [3.63, 3.8) is 0 Å². The predicted molar refractivity (Wildman–Crippen MR) is 74.7 cm³/mol. The number of hydrogen-bond acceptors (Lipinski definition) is 3. The average molecular weight is 281 g/mol. The number of benzene rings is 1. The Morgan fingerprint density at radius 1 is 1.26 bits per heavy atom. The van der Waals surface area contributed by atoms with Gasteiger partial charge in [0, 0.05) is 24.6 Å². The van der Waals surface area contributed by atoms with Crippen LogP contribution in [-0.2, 0) is 10.0 Å². The molecular weight excluding hydrogens is 262 g/mol. The quantitative estimate of drug-likeness (QED) is 0.795. The van der Waals surface area contributed by atoms with Gasteiger partial charge in [-0.15, -0.1) is 0 Å². The second-order valence-corrected chi connectivity index (χ2v) is 7.17. The summed E-state index contributed by atoms with van der Waals surface area (Å²) in [4.78, 5) is 12.4. The molecule has 0 bridgehead atoms. The van der Waals surface area contributed by atoms with E-state index in [4.69, 9.17) is 0 Å². The van der Waals surface area contributed by atoms with E-state index in [0.29, 0.717) is 18.7 Å². The van der Waals surface area contributed by atoms with Crippen molar-refractivity contribution in [1.29, 1.82) is 0 Å². The van der Waals surface area contributed by atoms with Gasteiger partial charge in [-0.3, -0.25) is 4.79 Å². The summed E-state index contributed by atoms with van der Waals surface area (Å²) in [7, 11) is -3.20. The van der Waals surface area contributed by atoms with Crippen molar-refractivity contribution in [3.8, 4) is 0 Å². The van der Waals surface area contributed by atoms with E-state index in [1.807, 2.05) is 31.2 Å². The zero-order valence-electron chi connectivity index (χ0n) is 11.3. The Hall–Kier alpha value is -1.20. The van der Waals surface area contributed by atoms with Gasteiger partial charge in [-0.25, -0.2) is 12.7 Å². The molecule has 1 aromatic rings. The van der Waals surface area contributed by atoms with Crippen LogP contribution in [0.1, 0.15) is 28.8 Å². The van der Waals surface area contributed by atoms with Crippen LogP contribution >= 0.6 is 0 Å². The monoisotopic (exact) mass is 281 g/mol. The average Bonchev–Trinajstić information content (AvgIpc) is 2.38. The number of hydrogen-bond donors (Lipinski definition) is 0. The maximum atomic E-state index is 12.4. The van der Waals surface area contributed by atoms with Crippen molar-refractivity contribution >= 4 is 15.8 Å². The topological polar surface area (TPSA) is 54.5 Å². The molecular formula is C14H19NO3S. The van der Waals surface area contributed by atoms with Gasteiger partial charge in [0.05, 0.1) is 6.26 Å². The number of aryl methyl sites for hydroxylation is 1. The van der Waals surface area contributed by atoms with E-state index in [-0.39, 0.29) is 11.7 Å². The fourth-order valence-electron chi connectivity index (χ4n) is 2.41. The number of carbonyl (C=O) groups is 1. The van der Waals surface area contributed by atoms with Crippen LogP contribution in [0.3, 0.4) is 0 Å². The third-order valence-electron chi connectivity index (χ3n) is 3.56. The zero-order chi connectivity index (χ0) is 14.0. The molecule has 0 saturated carbocycles. The fraction of sp³-hybridized carbons (Fsp3) is 0.500. The summed E-state index contributed by atoms with van der Waals surface area (Å²) < 4.78 is 24.5. The Bertz CT molecular complexity index is 563. The van der Waals surface area contributed by atoms with Gasteiger partial charge in [0.2, 0.25) is 10.0 Å². The van der Waals surface area contributed by atoms with E-state index < -0.39 is 10.0 Å². The van der Waals surface area contributed by atoms with Gasteiger partial charge in [0.25, 0.3) is 0 Å². The Balaban J connectivity index is 2.13. The first-order chi connectivity index (χ1) is 8.88. The molecule has 104 valence electrons. The number of rotatable bonds is 3. The van der Waals surface area contributed by atoms with E-state index in [1.165, 1.54) is 10.6 Å². The lowest BCUT2D eigenvalue weighted by atomic mass is 9.91. The smallest absolute Gasteiger partial charge is 0.211 e. The molecule has 1 fully saturated rings. The molecule has 1 aliphatic rings. The van der Waals surface area contributed by atoms with Crippen molar-refractivity contribution in [3.05, 3.63) is 35.4 Å². The summed E-state index contributed by atoms with van der Waals surface area (Å²) in [5.41, 5.74) is 1.78. The SMILES string of the molecule is Cc1ccc(C(=O)C2CCCN(S(C)(=O)=O)C2)cc1. The van der Waals surface area contributed by atoms with E-state index in [1.54, 1.807) is 0 Å². The van der Waals surface area contributed by atoms with E-state index in [9.17, 15) is 13.2 Å². The van der Waals surface area contributed by atoms with Gasteiger partial charge in [-0.05, 0) is 19.8 Å². The number of piperidine rings is 1. The van der Waals surface area contributed by atoms with Crippen LogP contribution in [0.2, 0.25) is 0 Å². The normalized spacial score (nSPS) is 21.3. The maximum absolute atomic E-state index is 12.4. The van der Waals surface area contributed by atoms with Crippen LogP contribution in [0.5, 0.6) is 0 Å². The number of carbonyl (C=O) groups excluding carboxylic acids is 1. The second-order valence-electron chi connectivity index (χ2n) is 5.19. The van der Waals surface area contributed by atoms with Gasteiger partial charge in [-0.2, -0.15) is 0 Å². The summed E-state index contributed by atoms with van der Waals surface area (Å²) >= 11 is 0. The Morgan fingerprint density at radius 2 is 1.89 bits per heavy atom. The van der Waals surface area contributed by atoms with Crippen LogP contribution in [0.15, 0.2) is 24.3 Å². The number of ketones is 1. The van der Waals surface area contributed by atoms with Crippen molar-refractivity contribution in [2.75, 3.05) is 19.3 Å². The largest absolute Gasteiger partial charge is 0.294 e. The molecule has 0 radical (unpaired) electrons. The highest BCUT2D eigenvalue weighted by atomic mass is 32.2. The third-order valence-corrected chi connectivity index (χ3v) is 4.83. The Labute approximate surface area is 114 Å². The molecule has 1 aliphatic heterocycles. The van der Waals surface area contributed by atoms with Gasteiger partial charge in [-0.1, -0.05) is 29.8 Å². The summed E-state index contributed by atoms with van der Waals surface area (Å²) in [6.45, 7) is 2.81. The zero-order valence-corrected chi connectivity index (χ0v) is 12.1. The van der Waals surface area contributed by atoms with Crippen LogP contribution in [0.4, 0.5) is 0 Å². The summed E-state index contributed by atoms with van der Waals surface area (Å²) in [5.74, 6) is -0.167. The standard InChI is InChI=1S/C14H19NO3S/c1-11-5-7-12(8-6-11)14(16)13-4-3-9-15(10-13)19(2,17)18/h5-8,13H,3-4,9-10H2,1-2H3. The molecule has 0 amide bonds. The van der Waals surface area contributed by atoms with Crippen molar-refractivity contribution in [2.45, 2.75) is 19.8 Å². The molecule has 19 heavy (non-hydrogen) atoms. The van der Waals surface area contributed by atoms with Crippen LogP contribution < -0.4 is 0 Å². The minimum absolute atomic E-state index is 0.0494. The highest BCUT2D eigenvalue weighted by molar-refractivity contribution is 7.88. The first-order valence-electron chi connectivity index (χ1n) is 6.44. The molecule has 0 spiro atoms. The first-order valence-corrected chi connectivity index (χ1v) is 8.29. The van der Waals surface area contributed by atoms with Gasteiger partial charge >= 0.3 is 0 Å². The van der Waals surface area contributed by atoms with E-state index in [0.717, 1.165) is 18.4 Å². The van der Waals surface area contributed by atoms with Crippen molar-refractivity contribution < 1.29 is 13.2 Å².